The second-order valence-corrected chi connectivity index (χ2v) is 6.63. The first-order valence-corrected chi connectivity index (χ1v) is 9.44. The zero-order valence-electron chi connectivity index (χ0n) is 16.3. The summed E-state index contributed by atoms with van der Waals surface area (Å²) in [4.78, 5) is 25.4. The van der Waals surface area contributed by atoms with E-state index >= 15 is 0 Å². The van der Waals surface area contributed by atoms with Crippen LogP contribution in [0.2, 0.25) is 0 Å². The lowest BCUT2D eigenvalue weighted by molar-refractivity contribution is 0.0953. The van der Waals surface area contributed by atoms with Crippen LogP contribution >= 0.6 is 0 Å². The Hall–Kier alpha value is -3.81. The Morgan fingerprint density at radius 1 is 1.14 bits per heavy atom. The average molecular weight is 387 g/mol. The first-order valence-electron chi connectivity index (χ1n) is 9.44. The van der Waals surface area contributed by atoms with Crippen LogP contribution in [-0.2, 0) is 0 Å². The van der Waals surface area contributed by atoms with Crippen LogP contribution in [-0.4, -0.2) is 37.0 Å². The number of fused-ring (bicyclic) bond motifs is 1. The number of carbonyl (C=O) groups excluding carboxylic acids is 1. The molecule has 146 valence electrons. The van der Waals surface area contributed by atoms with Gasteiger partial charge in [-0.2, -0.15) is 9.50 Å². The van der Waals surface area contributed by atoms with Gasteiger partial charge in [0.15, 0.2) is 5.82 Å². The summed E-state index contributed by atoms with van der Waals surface area (Å²) in [5.74, 6) is 1.66. The highest BCUT2D eigenvalue weighted by Gasteiger charge is 2.12. The van der Waals surface area contributed by atoms with Crippen molar-refractivity contribution in [3.8, 4) is 11.4 Å². The molecule has 0 bridgehead atoms. The van der Waals surface area contributed by atoms with E-state index in [1.807, 2.05) is 50.2 Å². The van der Waals surface area contributed by atoms with E-state index in [2.05, 4.69) is 30.7 Å². The molecule has 29 heavy (non-hydrogen) atoms. The number of pyridine rings is 1. The summed E-state index contributed by atoms with van der Waals surface area (Å²) in [6.07, 6.45) is 4.31. The Balaban J connectivity index is 1.68. The van der Waals surface area contributed by atoms with Crippen LogP contribution in [0.1, 0.15) is 29.4 Å². The van der Waals surface area contributed by atoms with Crippen molar-refractivity contribution in [3.05, 3.63) is 66.1 Å². The number of hydrogen-bond donors (Lipinski definition) is 2. The summed E-state index contributed by atoms with van der Waals surface area (Å²) in [5, 5.41) is 10.8. The van der Waals surface area contributed by atoms with Crippen molar-refractivity contribution in [2.75, 3.05) is 11.9 Å². The molecule has 0 aliphatic heterocycles. The zero-order chi connectivity index (χ0) is 20.2. The lowest BCUT2D eigenvalue weighted by Crippen LogP contribution is -2.23. The van der Waals surface area contributed by atoms with Gasteiger partial charge in [0.05, 0.1) is 0 Å². The van der Waals surface area contributed by atoms with Crippen molar-refractivity contribution in [1.29, 1.82) is 0 Å². The molecule has 0 unspecified atom stereocenters. The molecule has 0 saturated heterocycles. The number of rotatable bonds is 6. The lowest BCUT2D eigenvalue weighted by Gasteiger charge is -2.10. The van der Waals surface area contributed by atoms with E-state index in [1.54, 1.807) is 23.0 Å². The Labute approximate surface area is 168 Å². The van der Waals surface area contributed by atoms with Gasteiger partial charge in [-0.05, 0) is 43.7 Å². The monoisotopic (exact) mass is 387 g/mol. The van der Waals surface area contributed by atoms with E-state index in [4.69, 9.17) is 0 Å². The van der Waals surface area contributed by atoms with Gasteiger partial charge in [0.2, 0.25) is 0 Å². The second-order valence-electron chi connectivity index (χ2n) is 6.63. The molecule has 1 aromatic carbocycles. The molecule has 8 nitrogen and oxygen atoms in total. The summed E-state index contributed by atoms with van der Waals surface area (Å²) in [6, 6.07) is 13.0. The van der Waals surface area contributed by atoms with Crippen LogP contribution in [0.15, 0.2) is 54.9 Å². The maximum absolute atomic E-state index is 12.3. The van der Waals surface area contributed by atoms with Crippen molar-refractivity contribution < 1.29 is 4.79 Å². The molecule has 0 radical (unpaired) electrons. The molecule has 8 heteroatoms. The van der Waals surface area contributed by atoms with E-state index in [0.29, 0.717) is 29.5 Å². The molecule has 1 amide bonds. The summed E-state index contributed by atoms with van der Waals surface area (Å²) >= 11 is 0. The maximum Gasteiger partial charge on any atom is 0.254 e. The number of anilines is 2. The van der Waals surface area contributed by atoms with Gasteiger partial charge >= 0.3 is 0 Å². The van der Waals surface area contributed by atoms with E-state index in [0.717, 1.165) is 23.4 Å². The first-order chi connectivity index (χ1) is 14.1. The second kappa shape index (κ2) is 8.05. The average Bonchev–Trinajstić information content (AvgIpc) is 3.17. The SMILES string of the molecule is CCCNC(=O)c1cccc(Nc2cc(C)nc3nc(-c4cccnc4)nn23)c1. The van der Waals surface area contributed by atoms with Gasteiger partial charge in [-0.3, -0.25) is 9.78 Å². The quantitative estimate of drug-likeness (QED) is 0.526. The van der Waals surface area contributed by atoms with Crippen LogP contribution in [0, 0.1) is 6.92 Å². The van der Waals surface area contributed by atoms with Crippen LogP contribution < -0.4 is 10.6 Å². The third-order valence-corrected chi connectivity index (χ3v) is 4.29. The first kappa shape index (κ1) is 18.5. The molecule has 2 N–H and O–H groups in total. The molecule has 0 spiro atoms. The minimum atomic E-state index is -0.0915. The summed E-state index contributed by atoms with van der Waals surface area (Å²) in [5.41, 5.74) is 3.00. The molecule has 0 fully saturated rings. The Bertz CT molecular complexity index is 1150. The highest BCUT2D eigenvalue weighted by Crippen LogP contribution is 2.21. The number of aryl methyl sites for hydroxylation is 1. The molecule has 0 saturated carbocycles. The largest absolute Gasteiger partial charge is 0.352 e. The Kier molecular flexibility index (Phi) is 5.15. The van der Waals surface area contributed by atoms with E-state index in [-0.39, 0.29) is 5.91 Å². The molecular formula is C21H21N7O. The summed E-state index contributed by atoms with van der Waals surface area (Å²) in [7, 11) is 0. The Morgan fingerprint density at radius 2 is 2.03 bits per heavy atom. The van der Waals surface area contributed by atoms with Crippen LogP contribution in [0.25, 0.3) is 17.2 Å². The van der Waals surface area contributed by atoms with Gasteiger partial charge in [0.1, 0.15) is 5.82 Å². The molecule has 4 rings (SSSR count). The van der Waals surface area contributed by atoms with Crippen molar-refractivity contribution in [2.24, 2.45) is 0 Å². The molecule has 3 aromatic heterocycles. The number of carbonyl (C=O) groups is 1. The molecule has 0 aliphatic rings. The Morgan fingerprint density at radius 3 is 2.83 bits per heavy atom. The predicted molar refractivity (Wildman–Crippen MR) is 111 cm³/mol. The molecular weight excluding hydrogens is 366 g/mol. The molecule has 3 heterocycles. The van der Waals surface area contributed by atoms with Crippen LogP contribution in [0.4, 0.5) is 11.5 Å². The van der Waals surface area contributed by atoms with Crippen LogP contribution in [0.3, 0.4) is 0 Å². The highest BCUT2D eigenvalue weighted by atomic mass is 16.1. The minimum absolute atomic E-state index is 0.0915. The van der Waals surface area contributed by atoms with Gasteiger partial charge in [0.25, 0.3) is 11.7 Å². The van der Waals surface area contributed by atoms with Gasteiger partial charge in [-0.25, -0.2) is 4.98 Å². The smallest absolute Gasteiger partial charge is 0.254 e. The van der Waals surface area contributed by atoms with Crippen LogP contribution in [0.5, 0.6) is 0 Å². The van der Waals surface area contributed by atoms with Gasteiger partial charge in [-0.15, -0.1) is 5.10 Å². The number of hydrogen-bond acceptors (Lipinski definition) is 6. The third-order valence-electron chi connectivity index (χ3n) is 4.29. The fourth-order valence-corrected chi connectivity index (χ4v) is 2.92. The van der Waals surface area contributed by atoms with Crippen molar-refractivity contribution in [2.45, 2.75) is 20.3 Å². The third kappa shape index (κ3) is 4.06. The van der Waals surface area contributed by atoms with Gasteiger partial charge < -0.3 is 10.6 Å². The maximum atomic E-state index is 12.3. The molecule has 0 aliphatic carbocycles. The van der Waals surface area contributed by atoms with Crippen molar-refractivity contribution in [3.63, 3.8) is 0 Å². The molecule has 4 aromatic rings. The van der Waals surface area contributed by atoms with Gasteiger partial charge in [-0.1, -0.05) is 13.0 Å². The van der Waals surface area contributed by atoms with E-state index < -0.39 is 0 Å². The minimum Gasteiger partial charge on any atom is -0.352 e. The predicted octanol–water partition coefficient (Wildman–Crippen LogP) is 3.38. The topological polar surface area (TPSA) is 97.1 Å². The van der Waals surface area contributed by atoms with Gasteiger partial charge in [0, 0.05) is 47.5 Å². The number of aromatic nitrogens is 5. The fourth-order valence-electron chi connectivity index (χ4n) is 2.92. The zero-order valence-corrected chi connectivity index (χ0v) is 16.3. The number of nitrogens with one attached hydrogen (secondary N) is 2. The number of amides is 1. The van der Waals surface area contributed by atoms with E-state index in [9.17, 15) is 4.79 Å². The summed E-state index contributed by atoms with van der Waals surface area (Å²) < 4.78 is 1.65. The van der Waals surface area contributed by atoms with Crippen molar-refractivity contribution in [1.82, 2.24) is 29.9 Å². The normalized spacial score (nSPS) is 10.8. The fraction of sp³-hybridized carbons (Fsp3) is 0.190. The summed E-state index contributed by atoms with van der Waals surface area (Å²) in [6.45, 7) is 4.57. The number of nitrogens with zero attached hydrogens (tertiary/aromatic N) is 5. The standard InChI is InChI=1S/C21H21N7O/c1-3-9-23-20(29)15-6-4-8-17(12-15)25-18-11-14(2)24-21-26-19(27-28(18)21)16-7-5-10-22-13-16/h4-8,10-13,25H,3,9H2,1-2H3,(H,23,29). The highest BCUT2D eigenvalue weighted by molar-refractivity contribution is 5.95. The lowest BCUT2D eigenvalue weighted by atomic mass is 10.2. The van der Waals surface area contributed by atoms with E-state index in [1.165, 1.54) is 0 Å². The van der Waals surface area contributed by atoms with Crippen molar-refractivity contribution >= 4 is 23.2 Å². The molecule has 0 atom stereocenters. The number of benzene rings is 1.